The molecular weight excluding hydrogens is 300 g/mol. The number of halogens is 1. The normalized spacial score (nSPS) is 19.2. The number of hydrogen-bond donors (Lipinski definition) is 1. The minimum absolute atomic E-state index is 0.411. The molecule has 19 heavy (non-hydrogen) atoms. The molecule has 0 heterocycles. The van der Waals surface area contributed by atoms with Crippen LogP contribution >= 0.6 is 15.9 Å². The van der Waals surface area contributed by atoms with E-state index < -0.39 is 0 Å². The van der Waals surface area contributed by atoms with Gasteiger partial charge in [-0.15, -0.1) is 0 Å². The van der Waals surface area contributed by atoms with Crippen LogP contribution in [0.1, 0.15) is 31.7 Å². The van der Waals surface area contributed by atoms with Crippen molar-refractivity contribution in [2.24, 2.45) is 0 Å². The van der Waals surface area contributed by atoms with Crippen molar-refractivity contribution in [1.82, 2.24) is 10.2 Å². The zero-order valence-corrected chi connectivity index (χ0v) is 13.8. The van der Waals surface area contributed by atoms with Crippen molar-refractivity contribution in [2.75, 3.05) is 20.6 Å². The van der Waals surface area contributed by atoms with Crippen LogP contribution in [-0.4, -0.2) is 37.1 Å². The third-order valence-electron chi connectivity index (χ3n) is 4.47. The summed E-state index contributed by atoms with van der Waals surface area (Å²) in [6.07, 6.45) is 5.13. The van der Waals surface area contributed by atoms with E-state index in [1.54, 1.807) is 0 Å². The summed E-state index contributed by atoms with van der Waals surface area (Å²) in [5.74, 6) is 0. The molecule has 1 N–H and O–H groups in total. The predicted octanol–water partition coefficient (Wildman–Crippen LogP) is 3.45. The highest BCUT2D eigenvalue weighted by molar-refractivity contribution is 9.10. The molecule has 0 radical (unpaired) electrons. The first-order valence-corrected chi connectivity index (χ1v) is 7.96. The molecule has 106 valence electrons. The summed E-state index contributed by atoms with van der Waals surface area (Å²) in [6.45, 7) is 3.39. The third-order valence-corrected chi connectivity index (χ3v) is 5.00. The molecule has 1 fully saturated rings. The molecule has 2 nitrogen and oxygen atoms in total. The van der Waals surface area contributed by atoms with Crippen LogP contribution in [0.15, 0.2) is 28.7 Å². The molecule has 1 unspecified atom stereocenters. The van der Waals surface area contributed by atoms with E-state index in [9.17, 15) is 0 Å². The SMILES string of the molecule is CC(Cc1ccc(Br)cc1)NCC1(N(C)C)CCC1. The van der Waals surface area contributed by atoms with Crippen molar-refractivity contribution in [3.05, 3.63) is 34.3 Å². The van der Waals surface area contributed by atoms with Crippen molar-refractivity contribution in [2.45, 2.75) is 44.2 Å². The Morgan fingerprint density at radius 3 is 2.37 bits per heavy atom. The lowest BCUT2D eigenvalue weighted by Gasteiger charge is -2.48. The van der Waals surface area contributed by atoms with Gasteiger partial charge in [0, 0.05) is 22.6 Å². The van der Waals surface area contributed by atoms with Crippen LogP contribution in [0.3, 0.4) is 0 Å². The van der Waals surface area contributed by atoms with Crippen molar-refractivity contribution in [1.29, 1.82) is 0 Å². The number of hydrogen-bond acceptors (Lipinski definition) is 2. The minimum atomic E-state index is 0.411. The molecule has 1 saturated carbocycles. The molecule has 1 atom stereocenters. The van der Waals surface area contributed by atoms with E-state index in [1.807, 2.05) is 0 Å². The van der Waals surface area contributed by atoms with E-state index in [1.165, 1.54) is 24.8 Å². The first-order valence-electron chi connectivity index (χ1n) is 7.17. The number of benzene rings is 1. The molecule has 3 heteroatoms. The van der Waals surface area contributed by atoms with Crippen molar-refractivity contribution in [3.8, 4) is 0 Å². The fourth-order valence-electron chi connectivity index (χ4n) is 2.78. The van der Waals surface area contributed by atoms with Crippen LogP contribution < -0.4 is 5.32 Å². The summed E-state index contributed by atoms with van der Waals surface area (Å²) in [5.41, 5.74) is 1.81. The van der Waals surface area contributed by atoms with Gasteiger partial charge in [0.2, 0.25) is 0 Å². The molecule has 0 bridgehead atoms. The van der Waals surface area contributed by atoms with Crippen molar-refractivity contribution < 1.29 is 0 Å². The molecule has 1 aromatic carbocycles. The second kappa shape index (κ2) is 6.38. The largest absolute Gasteiger partial charge is 0.312 e. The molecule has 0 spiro atoms. The quantitative estimate of drug-likeness (QED) is 0.862. The van der Waals surface area contributed by atoms with Gasteiger partial charge in [-0.1, -0.05) is 28.1 Å². The van der Waals surface area contributed by atoms with Crippen LogP contribution in [0, 0.1) is 0 Å². The highest BCUT2D eigenvalue weighted by atomic mass is 79.9. The van der Waals surface area contributed by atoms with Gasteiger partial charge in [-0.3, -0.25) is 0 Å². The number of nitrogens with zero attached hydrogens (tertiary/aromatic N) is 1. The van der Waals surface area contributed by atoms with Gasteiger partial charge in [0.05, 0.1) is 0 Å². The molecular formula is C16H25BrN2. The van der Waals surface area contributed by atoms with Gasteiger partial charge >= 0.3 is 0 Å². The van der Waals surface area contributed by atoms with Crippen LogP contribution in [0.25, 0.3) is 0 Å². The Bertz CT molecular complexity index is 396. The molecule has 1 aliphatic carbocycles. The van der Waals surface area contributed by atoms with Crippen molar-refractivity contribution >= 4 is 15.9 Å². The molecule has 1 aromatic rings. The maximum atomic E-state index is 3.72. The Labute approximate surface area is 125 Å². The number of likely N-dealkylation sites (N-methyl/N-ethyl adjacent to an activating group) is 1. The van der Waals surface area contributed by atoms with Crippen LogP contribution in [0.2, 0.25) is 0 Å². The van der Waals surface area contributed by atoms with Gasteiger partial charge in [-0.05, 0) is 64.4 Å². The highest BCUT2D eigenvalue weighted by Crippen LogP contribution is 2.35. The summed E-state index contributed by atoms with van der Waals surface area (Å²) < 4.78 is 1.15. The zero-order chi connectivity index (χ0) is 13.9. The topological polar surface area (TPSA) is 15.3 Å². The molecule has 0 saturated heterocycles. The van der Waals surface area contributed by atoms with E-state index >= 15 is 0 Å². The van der Waals surface area contributed by atoms with Gasteiger partial charge in [0.1, 0.15) is 0 Å². The first-order chi connectivity index (χ1) is 9.02. The Kier molecular flexibility index (Phi) is 5.04. The number of nitrogens with one attached hydrogen (secondary N) is 1. The van der Waals surface area contributed by atoms with Crippen LogP contribution in [0.5, 0.6) is 0 Å². The van der Waals surface area contributed by atoms with Crippen molar-refractivity contribution in [3.63, 3.8) is 0 Å². The lowest BCUT2D eigenvalue weighted by atomic mass is 9.75. The predicted molar refractivity (Wildman–Crippen MR) is 85.6 cm³/mol. The van der Waals surface area contributed by atoms with E-state index in [-0.39, 0.29) is 0 Å². The van der Waals surface area contributed by atoms with Gasteiger partial charge in [0.25, 0.3) is 0 Å². The van der Waals surface area contributed by atoms with Gasteiger partial charge in [-0.2, -0.15) is 0 Å². The second-order valence-corrected chi connectivity index (χ2v) is 7.00. The minimum Gasteiger partial charge on any atom is -0.312 e. The summed E-state index contributed by atoms with van der Waals surface area (Å²) in [6, 6.07) is 9.17. The maximum Gasteiger partial charge on any atom is 0.0328 e. The Morgan fingerprint density at radius 2 is 1.89 bits per heavy atom. The van der Waals surface area contributed by atoms with E-state index in [0.29, 0.717) is 11.6 Å². The average molecular weight is 325 g/mol. The zero-order valence-electron chi connectivity index (χ0n) is 12.2. The fraction of sp³-hybridized carbons (Fsp3) is 0.625. The van der Waals surface area contributed by atoms with Crippen LogP contribution in [0.4, 0.5) is 0 Å². The summed E-state index contributed by atoms with van der Waals surface area (Å²) in [7, 11) is 4.42. The maximum absolute atomic E-state index is 3.72. The average Bonchev–Trinajstić information content (AvgIpc) is 2.30. The third kappa shape index (κ3) is 3.80. The Morgan fingerprint density at radius 1 is 1.26 bits per heavy atom. The smallest absolute Gasteiger partial charge is 0.0328 e. The fourth-order valence-corrected chi connectivity index (χ4v) is 3.04. The molecule has 0 aromatic heterocycles. The highest BCUT2D eigenvalue weighted by Gasteiger charge is 2.38. The van der Waals surface area contributed by atoms with Gasteiger partial charge in [0.15, 0.2) is 0 Å². The summed E-state index contributed by atoms with van der Waals surface area (Å²) in [4.78, 5) is 2.40. The van der Waals surface area contributed by atoms with E-state index in [4.69, 9.17) is 0 Å². The Hall–Kier alpha value is -0.380. The summed E-state index contributed by atoms with van der Waals surface area (Å²) in [5, 5.41) is 3.72. The van der Waals surface area contributed by atoms with E-state index in [2.05, 4.69) is 71.4 Å². The number of rotatable bonds is 6. The monoisotopic (exact) mass is 324 g/mol. The molecule has 0 aliphatic heterocycles. The first kappa shape index (κ1) is 15.0. The molecule has 1 aliphatic rings. The Balaban J connectivity index is 1.81. The van der Waals surface area contributed by atoms with Gasteiger partial charge in [-0.25, -0.2) is 0 Å². The van der Waals surface area contributed by atoms with Gasteiger partial charge < -0.3 is 10.2 Å². The summed E-state index contributed by atoms with van der Waals surface area (Å²) >= 11 is 3.48. The molecule has 2 rings (SSSR count). The standard InChI is InChI=1S/C16H25BrN2/c1-13(11-14-5-7-15(17)8-6-14)18-12-16(19(2)3)9-4-10-16/h5-8,13,18H,4,9-12H2,1-3H3. The second-order valence-electron chi connectivity index (χ2n) is 6.08. The molecule has 0 amide bonds. The lowest BCUT2D eigenvalue weighted by Crippen LogP contribution is -2.57. The lowest BCUT2D eigenvalue weighted by molar-refractivity contribution is 0.0577. The van der Waals surface area contributed by atoms with E-state index in [0.717, 1.165) is 17.4 Å². The van der Waals surface area contributed by atoms with Crippen LogP contribution in [-0.2, 0) is 6.42 Å².